The molecule has 476 valence electrons. The van der Waals surface area contributed by atoms with E-state index in [0.29, 0.717) is 0 Å². The first kappa shape index (κ1) is 66.4. The van der Waals surface area contributed by atoms with Crippen LogP contribution in [-0.2, 0) is 0 Å². The van der Waals surface area contributed by atoms with Gasteiger partial charge in [-0.15, -0.1) is 0 Å². The van der Waals surface area contributed by atoms with Gasteiger partial charge in [-0.05, 0) is 319 Å². The molecule has 0 N–H and O–H groups in total. The summed E-state index contributed by atoms with van der Waals surface area (Å²) in [6.45, 7) is 30.7. The van der Waals surface area contributed by atoms with E-state index in [-0.39, 0.29) is 0 Å². The Hall–Kier alpha value is 0. The highest BCUT2D eigenvalue weighted by Gasteiger charge is 2.53. The average molecular weight is 1130 g/mol. The highest BCUT2D eigenvalue weighted by Crippen LogP contribution is 2.62. The lowest BCUT2D eigenvalue weighted by Crippen LogP contribution is -2.52. The molecule has 0 heterocycles. The Bertz CT molecular complexity index is 1650. The van der Waals surface area contributed by atoms with Crippen LogP contribution in [0.1, 0.15) is 347 Å². The summed E-state index contributed by atoms with van der Waals surface area (Å²) in [5.41, 5.74) is 0. The normalized spacial score (nSPS) is 44.4. The third-order valence-corrected chi connectivity index (χ3v) is 30.1. The first-order valence-corrected chi connectivity index (χ1v) is 39.7. The van der Waals surface area contributed by atoms with Crippen LogP contribution in [0.4, 0.5) is 0 Å². The molecule has 16 bridgehead atoms. The largest absolute Gasteiger partial charge is 0.0651 e. The quantitative estimate of drug-likeness (QED) is 0.216. The Morgan fingerprint density at radius 3 is 0.854 bits per heavy atom. The van der Waals surface area contributed by atoms with E-state index in [2.05, 4.69) is 90.0 Å². The monoisotopic (exact) mass is 1130 g/mol. The van der Waals surface area contributed by atoms with Gasteiger partial charge < -0.3 is 0 Å². The van der Waals surface area contributed by atoms with Gasteiger partial charge in [0.2, 0.25) is 0 Å². The molecule has 0 heteroatoms. The van der Waals surface area contributed by atoms with Crippen LogP contribution in [-0.4, -0.2) is 0 Å². The first-order chi connectivity index (χ1) is 39.7. The predicted molar refractivity (Wildman–Crippen MR) is 360 cm³/mol. The summed E-state index contributed by atoms with van der Waals surface area (Å²) in [5.74, 6) is 32.4. The zero-order valence-corrected chi connectivity index (χ0v) is 58.0. The molecule has 22 aliphatic rings. The topological polar surface area (TPSA) is 0 Å². The summed E-state index contributed by atoms with van der Waals surface area (Å²) in [6.07, 6.45) is 61.6. The van der Waals surface area contributed by atoms with Crippen LogP contribution in [0.25, 0.3) is 0 Å². The van der Waals surface area contributed by atoms with Crippen molar-refractivity contribution in [2.75, 3.05) is 0 Å². The molecule has 0 aromatic rings. The summed E-state index contributed by atoms with van der Waals surface area (Å²) in [4.78, 5) is 0. The Morgan fingerprint density at radius 1 is 0.232 bits per heavy atom. The molecule has 0 saturated heterocycles. The number of hydrogen-bond acceptors (Lipinski definition) is 0. The summed E-state index contributed by atoms with van der Waals surface area (Å²) in [6, 6.07) is 0. The van der Waals surface area contributed by atoms with Gasteiger partial charge in [-0.25, -0.2) is 0 Å². The molecule has 22 aliphatic carbocycles. The van der Waals surface area contributed by atoms with Gasteiger partial charge >= 0.3 is 0 Å². The molecule has 0 aromatic carbocycles. The fourth-order valence-electron chi connectivity index (χ4n) is 24.9. The van der Waals surface area contributed by atoms with Gasteiger partial charge in [0.25, 0.3) is 0 Å². The van der Waals surface area contributed by atoms with Gasteiger partial charge in [-0.1, -0.05) is 199 Å². The van der Waals surface area contributed by atoms with Crippen LogP contribution in [0.2, 0.25) is 0 Å². The Kier molecular flexibility index (Phi) is 26.0. The van der Waals surface area contributed by atoms with Gasteiger partial charge in [0.15, 0.2) is 0 Å². The smallest absolute Gasteiger partial charge is 0.0334 e. The second-order valence-electron chi connectivity index (χ2n) is 35.7. The van der Waals surface area contributed by atoms with Gasteiger partial charge in [-0.2, -0.15) is 0 Å². The van der Waals surface area contributed by atoms with E-state index in [9.17, 15) is 0 Å². The average Bonchev–Trinajstić information content (AvgIpc) is 4.16. The lowest BCUT2D eigenvalue weighted by Gasteiger charge is -2.60. The van der Waals surface area contributed by atoms with Crippen LogP contribution in [0.5, 0.6) is 0 Å². The van der Waals surface area contributed by atoms with Crippen molar-refractivity contribution in [3.63, 3.8) is 0 Å². The molecular weight excluding hydrogens is 985 g/mol. The van der Waals surface area contributed by atoms with Crippen molar-refractivity contribution in [3.8, 4) is 0 Å². The minimum Gasteiger partial charge on any atom is -0.0651 e. The molecule has 0 amide bonds. The second kappa shape index (κ2) is 32.1. The fourth-order valence-corrected chi connectivity index (χ4v) is 24.9. The summed E-state index contributed by atoms with van der Waals surface area (Å²) in [5, 5.41) is 0. The van der Waals surface area contributed by atoms with Gasteiger partial charge in [-0.3, -0.25) is 0 Å². The molecule has 0 radical (unpaired) electrons. The zero-order chi connectivity index (χ0) is 58.0. The molecule has 7 atom stereocenters. The van der Waals surface area contributed by atoms with Gasteiger partial charge in [0, 0.05) is 0 Å². The fraction of sp³-hybridized carbons (Fsp3) is 1.00. The van der Waals surface area contributed by atoms with Crippen LogP contribution in [0, 0.1) is 172 Å². The molecule has 22 fully saturated rings. The maximum Gasteiger partial charge on any atom is -0.0334 e. The van der Waals surface area contributed by atoms with Crippen molar-refractivity contribution in [1.82, 2.24) is 0 Å². The molecule has 7 unspecified atom stereocenters. The zero-order valence-electron chi connectivity index (χ0n) is 58.0. The van der Waals surface area contributed by atoms with Crippen LogP contribution in [0.3, 0.4) is 0 Å². The maximum absolute atomic E-state index is 2.41. The number of fused-ring (bicyclic) bond motifs is 9. The standard InChI is InChI=1S/C12H20.C10H18.3C9H16.C9H18.2C8H14.C8H16/c1-2-12-10-4-8-3-9(6-10)7-11(12)5-8;1-2-9-7-8-3-5-10(9)6-4-8;1-6(2)9-5-7-3-8(9)4-7;1-2-8-5-7-3-4-9(8)6-7;1-2-9-7-3-4-8(9)6-5-7;1-8(2)9-6-4-3-5-7-9;1-5(2)8-6-3-7(8)4-6;1-2-8-6-3-4-7(8)5-6;1-7(2)8-5-3-4-6-8/h8-12H,2-7H2,1H3;8-10H,2-7H2,1H3;6-9H,3-5H2,1-2H3;2*7-9H,2-6H2,1H3;8-9H,3-7H2,1-2H3;5-8H,3-4H2,1-2H3;6-8H,2-5H2,1H3;7-8H,3-6H2,1-2H3. The van der Waals surface area contributed by atoms with E-state index >= 15 is 0 Å². The minimum absolute atomic E-state index is 0.935. The Morgan fingerprint density at radius 2 is 0.598 bits per heavy atom. The van der Waals surface area contributed by atoms with Crippen molar-refractivity contribution in [1.29, 1.82) is 0 Å². The van der Waals surface area contributed by atoms with Crippen LogP contribution < -0.4 is 0 Å². The predicted octanol–water partition coefficient (Wildman–Crippen LogP) is 25.8. The van der Waals surface area contributed by atoms with E-state index in [1.807, 2.05) is 0 Å². The van der Waals surface area contributed by atoms with Crippen molar-refractivity contribution in [2.45, 2.75) is 347 Å². The molecule has 0 aliphatic heterocycles. The van der Waals surface area contributed by atoms with Gasteiger partial charge in [0.1, 0.15) is 0 Å². The molecule has 0 aromatic heterocycles. The molecular formula is C82H148. The highest BCUT2D eigenvalue weighted by molar-refractivity contribution is 5.03. The Balaban J connectivity index is 0.000000111. The number of rotatable bonds is 9. The van der Waals surface area contributed by atoms with Crippen molar-refractivity contribution >= 4 is 0 Å². The van der Waals surface area contributed by atoms with Crippen molar-refractivity contribution in [2.24, 2.45) is 172 Å². The van der Waals surface area contributed by atoms with Gasteiger partial charge in [0.05, 0.1) is 0 Å². The Labute approximate surface area is 515 Å². The second-order valence-corrected chi connectivity index (χ2v) is 35.7. The van der Waals surface area contributed by atoms with E-state index in [4.69, 9.17) is 0 Å². The minimum atomic E-state index is 0.935. The highest BCUT2D eigenvalue weighted by atomic mass is 14.6. The van der Waals surface area contributed by atoms with E-state index < -0.39 is 0 Å². The van der Waals surface area contributed by atoms with Crippen LogP contribution in [0.15, 0.2) is 0 Å². The van der Waals surface area contributed by atoms with E-state index in [1.54, 1.807) is 167 Å². The summed E-state index contributed by atoms with van der Waals surface area (Å²) in [7, 11) is 0. The first-order valence-electron chi connectivity index (χ1n) is 39.7. The maximum atomic E-state index is 2.41. The lowest BCUT2D eigenvalue weighted by molar-refractivity contribution is -0.107. The third-order valence-electron chi connectivity index (χ3n) is 30.1. The summed E-state index contributed by atoms with van der Waals surface area (Å²) < 4.78 is 0. The molecule has 22 saturated carbocycles. The molecule has 0 spiro atoms. The van der Waals surface area contributed by atoms with Crippen molar-refractivity contribution < 1.29 is 0 Å². The summed E-state index contributed by atoms with van der Waals surface area (Å²) >= 11 is 0. The van der Waals surface area contributed by atoms with E-state index in [1.165, 1.54) is 114 Å². The molecule has 0 nitrogen and oxygen atoms in total. The molecule has 82 heavy (non-hydrogen) atoms. The lowest BCUT2D eigenvalue weighted by atomic mass is 9.45. The van der Waals surface area contributed by atoms with Crippen LogP contribution >= 0.6 is 0 Å². The SMILES string of the molecule is CC(C)C1C2CC1C2.CC(C)C1CC2CC1C2.CC(C)C1CCCC1.CC(C)C1CCCCC1.CCC1C2CC3CC(C2)CC1C3.CCC1C2CCC1C2.CCC1C2CCC1CC2.CCC1CC2CCC1C2.CCC1CC2CCC1CC2. The van der Waals surface area contributed by atoms with E-state index in [0.717, 1.165) is 148 Å². The third kappa shape index (κ3) is 17.1. The van der Waals surface area contributed by atoms with Crippen molar-refractivity contribution in [3.05, 3.63) is 0 Å². The number of hydrogen-bond donors (Lipinski definition) is 0. The molecule has 22 rings (SSSR count).